The van der Waals surface area contributed by atoms with Crippen LogP contribution in [0.15, 0.2) is 0 Å². The lowest BCUT2D eigenvalue weighted by atomic mass is 10.0. The second-order valence-corrected chi connectivity index (χ2v) is 4.60. The topological polar surface area (TPSA) is 23.8 Å². The summed E-state index contributed by atoms with van der Waals surface area (Å²) in [5.74, 6) is -25.0. The molecule has 136 valence electrons. The molecule has 0 aromatic heterocycles. The fraction of sp³-hybridized carbons (Fsp3) is 0. The molecule has 0 saturated heterocycles. The molecule has 0 aliphatic heterocycles. The van der Waals surface area contributed by atoms with Gasteiger partial charge in [-0.1, -0.05) is 0 Å². The maximum absolute atomic E-state index is 13.7. The first-order valence-electron chi connectivity index (χ1n) is 6.19. The zero-order chi connectivity index (χ0) is 19.9. The number of rotatable bonds is 2. The van der Waals surface area contributed by atoms with E-state index in [4.69, 9.17) is 5.26 Å². The first-order valence-corrected chi connectivity index (χ1v) is 6.19. The summed E-state index contributed by atoms with van der Waals surface area (Å²) in [6.07, 6.45) is -0.228. The minimum absolute atomic E-state index is 0.228. The van der Waals surface area contributed by atoms with Crippen LogP contribution in [-0.2, 0) is 0 Å². The second kappa shape index (κ2) is 6.70. The van der Waals surface area contributed by atoms with Crippen LogP contribution in [0.25, 0.3) is 11.6 Å². The molecule has 2 rings (SSSR count). The highest BCUT2D eigenvalue weighted by Gasteiger charge is 2.30. The van der Waals surface area contributed by atoms with Gasteiger partial charge in [0.2, 0.25) is 11.6 Å². The zero-order valence-corrected chi connectivity index (χ0v) is 11.8. The van der Waals surface area contributed by atoms with Crippen molar-refractivity contribution in [1.82, 2.24) is 0 Å². The van der Waals surface area contributed by atoms with E-state index in [0.29, 0.717) is 0 Å². The van der Waals surface area contributed by atoms with Crippen LogP contribution in [0.2, 0.25) is 0 Å². The molecule has 1 nitrogen and oxygen atoms in total. The predicted molar refractivity (Wildman–Crippen MR) is 65.9 cm³/mol. The van der Waals surface area contributed by atoms with E-state index in [0.717, 1.165) is 6.07 Å². The Bertz CT molecular complexity index is 945. The minimum Gasteiger partial charge on any atom is -0.203 e. The van der Waals surface area contributed by atoms with E-state index in [9.17, 15) is 43.9 Å². The van der Waals surface area contributed by atoms with E-state index >= 15 is 0 Å². The average Bonchev–Trinajstić information content (AvgIpc) is 2.63. The van der Waals surface area contributed by atoms with Gasteiger partial charge in [-0.15, -0.1) is 0 Å². The lowest BCUT2D eigenvalue weighted by Gasteiger charge is -2.09. The highest BCUT2D eigenvalue weighted by atomic mass is 19.2. The molecule has 0 aliphatic carbocycles. The molecule has 0 spiro atoms. The van der Waals surface area contributed by atoms with Gasteiger partial charge in [0.25, 0.3) is 0 Å². The van der Waals surface area contributed by atoms with E-state index in [2.05, 4.69) is 0 Å². The first kappa shape index (κ1) is 19.3. The van der Waals surface area contributed by atoms with Crippen molar-refractivity contribution in [2.24, 2.45) is 0 Å². The Kier molecular flexibility index (Phi) is 4.97. The van der Waals surface area contributed by atoms with Crippen molar-refractivity contribution in [2.75, 3.05) is 0 Å². The SMILES string of the molecule is N#C/C(=C/c1c(F)c(F)c(F)c(F)c1F)c1c(F)c(F)c(F)c(F)c1F. The predicted octanol–water partition coefficient (Wildman–Crippen LogP) is 5.14. The third-order valence-electron chi connectivity index (χ3n) is 3.13. The lowest BCUT2D eigenvalue weighted by molar-refractivity contribution is 0.376. The summed E-state index contributed by atoms with van der Waals surface area (Å²) in [5, 5.41) is 8.82. The van der Waals surface area contributed by atoms with Gasteiger partial charge in [-0.05, 0) is 6.08 Å². The first-order chi connectivity index (χ1) is 12.0. The summed E-state index contributed by atoms with van der Waals surface area (Å²) < 4.78 is 133. The fourth-order valence-corrected chi connectivity index (χ4v) is 1.89. The average molecular weight is 385 g/mol. The van der Waals surface area contributed by atoms with Crippen LogP contribution >= 0.6 is 0 Å². The largest absolute Gasteiger partial charge is 0.203 e. The normalized spacial score (nSPS) is 11.7. The van der Waals surface area contributed by atoms with Gasteiger partial charge < -0.3 is 0 Å². The van der Waals surface area contributed by atoms with Crippen molar-refractivity contribution in [1.29, 1.82) is 5.26 Å². The minimum atomic E-state index is -2.57. The molecule has 0 radical (unpaired) electrons. The number of benzene rings is 2. The van der Waals surface area contributed by atoms with Gasteiger partial charge in [0.1, 0.15) is 0 Å². The molecular formula is C15HF10N. The van der Waals surface area contributed by atoms with E-state index in [1.165, 1.54) is 0 Å². The quantitative estimate of drug-likeness (QED) is 0.231. The van der Waals surface area contributed by atoms with Gasteiger partial charge >= 0.3 is 0 Å². The number of halogens is 10. The van der Waals surface area contributed by atoms with Gasteiger partial charge in [0.05, 0.1) is 22.8 Å². The summed E-state index contributed by atoms with van der Waals surface area (Å²) in [4.78, 5) is 0. The third-order valence-corrected chi connectivity index (χ3v) is 3.13. The Morgan fingerprint density at radius 2 is 0.846 bits per heavy atom. The van der Waals surface area contributed by atoms with Crippen molar-refractivity contribution < 1.29 is 43.9 Å². The number of nitriles is 1. The Morgan fingerprint density at radius 1 is 0.538 bits per heavy atom. The van der Waals surface area contributed by atoms with Crippen LogP contribution in [0.3, 0.4) is 0 Å². The van der Waals surface area contributed by atoms with Gasteiger partial charge in [0.15, 0.2) is 46.5 Å². The molecule has 2 aromatic carbocycles. The van der Waals surface area contributed by atoms with Crippen LogP contribution in [-0.4, -0.2) is 0 Å². The molecule has 0 saturated carbocycles. The van der Waals surface area contributed by atoms with E-state index in [-0.39, 0.29) is 6.08 Å². The summed E-state index contributed by atoms with van der Waals surface area (Å²) >= 11 is 0. The van der Waals surface area contributed by atoms with E-state index in [1.807, 2.05) is 0 Å². The van der Waals surface area contributed by atoms with Gasteiger partial charge in [0, 0.05) is 0 Å². The van der Waals surface area contributed by atoms with Gasteiger partial charge in [-0.25, -0.2) is 43.9 Å². The molecule has 0 N–H and O–H groups in total. The van der Waals surface area contributed by atoms with Gasteiger partial charge in [-0.2, -0.15) is 5.26 Å². The number of hydrogen-bond donors (Lipinski definition) is 0. The molecule has 0 unspecified atom stereocenters. The molecule has 0 amide bonds. The van der Waals surface area contributed by atoms with Crippen molar-refractivity contribution >= 4 is 11.6 Å². The van der Waals surface area contributed by atoms with Gasteiger partial charge in [-0.3, -0.25) is 0 Å². The summed E-state index contributed by atoms with van der Waals surface area (Å²) in [6.45, 7) is 0. The summed E-state index contributed by atoms with van der Waals surface area (Å²) in [5.41, 5.74) is -5.27. The molecular weight excluding hydrogens is 384 g/mol. The maximum atomic E-state index is 13.7. The van der Waals surface area contributed by atoms with Crippen LogP contribution in [0.5, 0.6) is 0 Å². The zero-order valence-electron chi connectivity index (χ0n) is 11.8. The molecule has 0 atom stereocenters. The smallest absolute Gasteiger partial charge is 0.200 e. The number of allylic oxidation sites excluding steroid dienone is 1. The number of nitrogens with zero attached hydrogens (tertiary/aromatic N) is 1. The highest BCUT2D eigenvalue weighted by Crippen LogP contribution is 2.31. The second-order valence-electron chi connectivity index (χ2n) is 4.60. The van der Waals surface area contributed by atoms with Crippen LogP contribution in [0, 0.1) is 69.5 Å². The van der Waals surface area contributed by atoms with Crippen molar-refractivity contribution in [3.8, 4) is 6.07 Å². The Balaban J connectivity index is 2.88. The standard InChI is InChI=1S/C15HF10N/c16-6-4(7(17)11(21)14(24)10(6)20)1-3(2-26)5-8(18)12(22)15(25)13(23)9(5)19/h1H/b3-1-. The maximum Gasteiger partial charge on any atom is 0.200 e. The van der Waals surface area contributed by atoms with Crippen LogP contribution < -0.4 is 0 Å². The Hall–Kier alpha value is -3.03. The van der Waals surface area contributed by atoms with Crippen LogP contribution in [0.4, 0.5) is 43.9 Å². The molecule has 0 heterocycles. The van der Waals surface area contributed by atoms with Crippen molar-refractivity contribution in [3.63, 3.8) is 0 Å². The molecule has 11 heteroatoms. The Labute approximate surface area is 137 Å². The molecule has 26 heavy (non-hydrogen) atoms. The monoisotopic (exact) mass is 385 g/mol. The fourth-order valence-electron chi connectivity index (χ4n) is 1.89. The third kappa shape index (κ3) is 2.77. The van der Waals surface area contributed by atoms with Crippen molar-refractivity contribution in [3.05, 3.63) is 69.3 Å². The lowest BCUT2D eigenvalue weighted by Crippen LogP contribution is -2.07. The van der Waals surface area contributed by atoms with Crippen molar-refractivity contribution in [2.45, 2.75) is 0 Å². The molecule has 2 aromatic rings. The highest BCUT2D eigenvalue weighted by molar-refractivity contribution is 5.90. The molecule has 0 fully saturated rings. The summed E-state index contributed by atoms with van der Waals surface area (Å²) in [7, 11) is 0. The molecule has 0 aliphatic rings. The summed E-state index contributed by atoms with van der Waals surface area (Å²) in [6, 6.07) is 0.884. The number of hydrogen-bond acceptors (Lipinski definition) is 1. The van der Waals surface area contributed by atoms with E-state index < -0.39 is 74.9 Å². The molecule has 0 bridgehead atoms. The van der Waals surface area contributed by atoms with Crippen LogP contribution in [0.1, 0.15) is 11.1 Å². The Morgan fingerprint density at radius 3 is 1.19 bits per heavy atom. The van der Waals surface area contributed by atoms with E-state index in [1.54, 1.807) is 0 Å².